The van der Waals surface area contributed by atoms with Crippen molar-refractivity contribution in [2.75, 3.05) is 19.0 Å². The van der Waals surface area contributed by atoms with Crippen LogP contribution in [0.25, 0.3) is 0 Å². The zero-order valence-corrected chi connectivity index (χ0v) is 16.6. The number of rotatable bonds is 4. The number of carbonyl (C=O) groups excluding carboxylic acids is 1. The zero-order valence-electron chi connectivity index (χ0n) is 16.6. The maximum absolute atomic E-state index is 13.6. The van der Waals surface area contributed by atoms with Gasteiger partial charge in [0.05, 0.1) is 32.7 Å². The van der Waals surface area contributed by atoms with Crippen LogP contribution in [0.5, 0.6) is 0 Å². The van der Waals surface area contributed by atoms with Crippen LogP contribution in [0.15, 0.2) is 54.6 Å². The van der Waals surface area contributed by atoms with Crippen LogP contribution >= 0.6 is 0 Å². The largest absolute Gasteiger partial charge is 0.445 e. The molecule has 2 saturated heterocycles. The summed E-state index contributed by atoms with van der Waals surface area (Å²) in [7, 11) is 4.58. The minimum absolute atomic E-state index is 0.0464. The molecule has 28 heavy (non-hydrogen) atoms. The highest BCUT2D eigenvalue weighted by atomic mass is 19.1. The number of hydrogen-bond donors (Lipinski definition) is 0. The fraction of sp³-hybridized carbons (Fsp3) is 0.435. The Balaban J connectivity index is 1.51. The van der Waals surface area contributed by atoms with E-state index in [1.54, 1.807) is 11.0 Å². The Morgan fingerprint density at radius 1 is 1.07 bits per heavy atom. The predicted molar refractivity (Wildman–Crippen MR) is 107 cm³/mol. The minimum atomic E-state index is -0.355. The Hall–Kier alpha value is -2.40. The number of carbonyl (C=O) groups is 1. The third-order valence-electron chi connectivity index (χ3n) is 6.57. The average Bonchev–Trinajstić information content (AvgIpc) is 2.84. The number of hydrogen-bond acceptors (Lipinski definition) is 2. The molecule has 5 heteroatoms. The Morgan fingerprint density at radius 3 is 2.39 bits per heavy atom. The van der Waals surface area contributed by atoms with Gasteiger partial charge in [0.2, 0.25) is 0 Å². The molecule has 2 fully saturated rings. The molecule has 1 amide bonds. The lowest BCUT2D eigenvalue weighted by molar-refractivity contribution is -0.931. The summed E-state index contributed by atoms with van der Waals surface area (Å²) >= 11 is 0. The van der Waals surface area contributed by atoms with E-state index in [0.29, 0.717) is 12.1 Å². The second-order valence-corrected chi connectivity index (χ2v) is 8.54. The number of quaternary nitrogens is 1. The fourth-order valence-corrected chi connectivity index (χ4v) is 4.82. The Kier molecular flexibility index (Phi) is 5.11. The van der Waals surface area contributed by atoms with Gasteiger partial charge in [-0.25, -0.2) is 9.18 Å². The van der Waals surface area contributed by atoms with E-state index in [0.717, 1.165) is 28.6 Å². The van der Waals surface area contributed by atoms with E-state index in [4.69, 9.17) is 4.74 Å². The molecule has 4 nitrogen and oxygen atoms in total. The van der Waals surface area contributed by atoms with E-state index in [-0.39, 0.29) is 24.6 Å². The number of amides is 1. The van der Waals surface area contributed by atoms with Gasteiger partial charge in [0, 0.05) is 31.4 Å². The molecule has 148 valence electrons. The van der Waals surface area contributed by atoms with E-state index < -0.39 is 0 Å². The monoisotopic (exact) mass is 383 g/mol. The highest BCUT2D eigenvalue weighted by molar-refractivity contribution is 5.87. The van der Waals surface area contributed by atoms with Crippen LogP contribution in [0.1, 0.15) is 31.2 Å². The Bertz CT molecular complexity index is 824. The van der Waals surface area contributed by atoms with Gasteiger partial charge in [-0.2, -0.15) is 0 Å². The summed E-state index contributed by atoms with van der Waals surface area (Å²) in [6.07, 6.45) is 3.84. The first kappa shape index (κ1) is 18.9. The lowest BCUT2D eigenvalue weighted by Crippen LogP contribution is -2.56. The molecule has 0 saturated carbocycles. The highest BCUT2D eigenvalue weighted by Crippen LogP contribution is 2.40. The summed E-state index contributed by atoms with van der Waals surface area (Å²) in [6, 6.07) is 16.9. The van der Waals surface area contributed by atoms with Crippen molar-refractivity contribution >= 4 is 11.8 Å². The van der Waals surface area contributed by atoms with Gasteiger partial charge in [-0.05, 0) is 29.8 Å². The predicted octanol–water partition coefficient (Wildman–Crippen LogP) is 4.74. The molecule has 0 aromatic heterocycles. The van der Waals surface area contributed by atoms with Crippen molar-refractivity contribution in [2.45, 2.75) is 50.4 Å². The van der Waals surface area contributed by atoms with Crippen LogP contribution in [0, 0.1) is 5.82 Å². The molecule has 2 aromatic rings. The van der Waals surface area contributed by atoms with Crippen molar-refractivity contribution in [3.8, 4) is 0 Å². The number of ether oxygens (including phenoxy) is 1. The van der Waals surface area contributed by atoms with Crippen LogP contribution in [0.4, 0.5) is 14.9 Å². The first-order valence-electron chi connectivity index (χ1n) is 10.0. The number of nitrogens with zero attached hydrogens (tertiary/aromatic N) is 2. The quantitative estimate of drug-likeness (QED) is 0.714. The van der Waals surface area contributed by atoms with Crippen molar-refractivity contribution in [1.82, 2.24) is 0 Å². The second kappa shape index (κ2) is 7.55. The van der Waals surface area contributed by atoms with Gasteiger partial charge >= 0.3 is 6.09 Å². The summed E-state index contributed by atoms with van der Waals surface area (Å²) in [4.78, 5) is 14.7. The van der Waals surface area contributed by atoms with Gasteiger partial charge in [0.1, 0.15) is 11.9 Å². The SMILES string of the molecule is C[N+]1(C)C2CCC1CC(OC(=O)N(Cc1cccc(F)c1)c1ccccc1)C2. The number of halogens is 1. The third kappa shape index (κ3) is 3.76. The smallest absolute Gasteiger partial charge is 0.414 e. The van der Waals surface area contributed by atoms with Crippen molar-refractivity contribution in [1.29, 1.82) is 0 Å². The maximum atomic E-state index is 13.6. The summed E-state index contributed by atoms with van der Waals surface area (Å²) in [5.74, 6) is -0.303. The highest BCUT2D eigenvalue weighted by Gasteiger charge is 2.50. The number of piperidine rings is 1. The molecule has 0 spiro atoms. The molecule has 2 heterocycles. The molecule has 0 aliphatic carbocycles. The molecule has 4 rings (SSSR count). The summed E-state index contributed by atoms with van der Waals surface area (Å²) in [6.45, 7) is 0.280. The molecule has 0 radical (unpaired) electrons. The standard InChI is InChI=1S/C23H28FN2O2/c1-26(2)20-11-12-21(26)15-22(14-20)28-23(27)25(19-9-4-3-5-10-19)16-17-7-6-8-18(24)13-17/h3-10,13,20-22H,11-12,14-16H2,1-2H3/q+1. The number of benzene rings is 2. The molecule has 2 unspecified atom stereocenters. The normalized spacial score (nSPS) is 25.3. The van der Waals surface area contributed by atoms with E-state index in [1.807, 2.05) is 36.4 Å². The molecule has 2 aromatic carbocycles. The average molecular weight is 383 g/mol. The molecular weight excluding hydrogens is 355 g/mol. The fourth-order valence-electron chi connectivity index (χ4n) is 4.82. The second-order valence-electron chi connectivity index (χ2n) is 8.54. The molecule has 0 N–H and O–H groups in total. The van der Waals surface area contributed by atoms with E-state index in [9.17, 15) is 9.18 Å². The summed E-state index contributed by atoms with van der Waals surface area (Å²) in [5, 5.41) is 0. The van der Waals surface area contributed by atoms with Crippen LogP contribution in [-0.4, -0.2) is 42.9 Å². The van der Waals surface area contributed by atoms with Crippen molar-refractivity contribution in [3.05, 3.63) is 66.0 Å². The van der Waals surface area contributed by atoms with Crippen molar-refractivity contribution in [2.24, 2.45) is 0 Å². The van der Waals surface area contributed by atoms with Crippen LogP contribution in [0.2, 0.25) is 0 Å². The topological polar surface area (TPSA) is 29.5 Å². The van der Waals surface area contributed by atoms with Crippen LogP contribution < -0.4 is 4.90 Å². The molecular formula is C23H28FN2O2+. The molecule has 2 atom stereocenters. The first-order valence-corrected chi connectivity index (χ1v) is 10.0. The van der Waals surface area contributed by atoms with Gasteiger partial charge < -0.3 is 9.22 Å². The van der Waals surface area contributed by atoms with Gasteiger partial charge in [-0.3, -0.25) is 4.90 Å². The summed E-state index contributed by atoms with van der Waals surface area (Å²) < 4.78 is 20.6. The minimum Gasteiger partial charge on any atom is -0.445 e. The lowest BCUT2D eigenvalue weighted by atomic mass is 9.98. The summed E-state index contributed by atoms with van der Waals surface area (Å²) in [5.41, 5.74) is 1.49. The van der Waals surface area contributed by atoms with E-state index in [1.165, 1.54) is 25.0 Å². The van der Waals surface area contributed by atoms with Crippen LogP contribution in [-0.2, 0) is 11.3 Å². The van der Waals surface area contributed by atoms with E-state index >= 15 is 0 Å². The van der Waals surface area contributed by atoms with Gasteiger partial charge in [-0.1, -0.05) is 30.3 Å². The van der Waals surface area contributed by atoms with Crippen LogP contribution in [0.3, 0.4) is 0 Å². The molecule has 2 aliphatic heterocycles. The Labute approximate surface area is 166 Å². The molecule has 2 bridgehead atoms. The van der Waals surface area contributed by atoms with Gasteiger partial charge in [0.25, 0.3) is 0 Å². The van der Waals surface area contributed by atoms with Crippen molar-refractivity contribution < 1.29 is 18.4 Å². The number of anilines is 1. The zero-order chi connectivity index (χ0) is 19.7. The molecule has 2 aliphatic rings. The number of para-hydroxylation sites is 1. The first-order chi connectivity index (χ1) is 13.4. The third-order valence-corrected chi connectivity index (χ3v) is 6.57. The van der Waals surface area contributed by atoms with Crippen molar-refractivity contribution in [3.63, 3.8) is 0 Å². The Morgan fingerprint density at radius 2 is 1.75 bits per heavy atom. The van der Waals surface area contributed by atoms with Gasteiger partial charge in [0.15, 0.2) is 0 Å². The van der Waals surface area contributed by atoms with Gasteiger partial charge in [-0.15, -0.1) is 0 Å². The maximum Gasteiger partial charge on any atom is 0.414 e. The van der Waals surface area contributed by atoms with E-state index in [2.05, 4.69) is 14.1 Å². The number of fused-ring (bicyclic) bond motifs is 2. The lowest BCUT2D eigenvalue weighted by Gasteiger charge is -2.44.